The second kappa shape index (κ2) is 5.38. The first-order valence-electron chi connectivity index (χ1n) is 6.42. The second-order valence-corrected chi connectivity index (χ2v) is 5.75. The van der Waals surface area contributed by atoms with Crippen LogP contribution >= 0.6 is 15.9 Å². The number of ether oxygens (including phenoxy) is 2. The van der Waals surface area contributed by atoms with Crippen LogP contribution in [0.3, 0.4) is 0 Å². The summed E-state index contributed by atoms with van der Waals surface area (Å²) in [7, 11) is 2.22. The van der Waals surface area contributed by atoms with E-state index in [1.54, 1.807) is 4.90 Å². The second-order valence-electron chi connectivity index (χ2n) is 4.89. The van der Waals surface area contributed by atoms with Gasteiger partial charge in [0.15, 0.2) is 11.5 Å². The molecular formula is C13H17BrN3O2+. The Labute approximate surface area is 120 Å². The van der Waals surface area contributed by atoms with Gasteiger partial charge in [0.1, 0.15) is 0 Å². The molecule has 0 amide bonds. The topological polar surface area (TPSA) is 38.5 Å². The predicted molar refractivity (Wildman–Crippen MR) is 76.1 cm³/mol. The Balaban J connectivity index is 1.71. The van der Waals surface area contributed by atoms with Crippen molar-refractivity contribution in [1.82, 2.24) is 5.01 Å². The Morgan fingerprint density at radius 1 is 1.32 bits per heavy atom. The van der Waals surface area contributed by atoms with Gasteiger partial charge in [-0.05, 0) is 33.6 Å². The van der Waals surface area contributed by atoms with Gasteiger partial charge in [0, 0.05) is 0 Å². The maximum atomic E-state index is 5.39. The highest BCUT2D eigenvalue weighted by molar-refractivity contribution is 9.10. The molecule has 0 aromatic heterocycles. The summed E-state index contributed by atoms with van der Waals surface area (Å²) in [5.41, 5.74) is 1.02. The molecule has 1 N–H and O–H groups in total. The minimum Gasteiger partial charge on any atom is -0.454 e. The van der Waals surface area contributed by atoms with E-state index in [2.05, 4.69) is 33.1 Å². The minimum atomic E-state index is 0.287. The number of fused-ring (bicyclic) bond motifs is 1. The third kappa shape index (κ3) is 2.84. The maximum absolute atomic E-state index is 5.39. The number of hydrogen-bond acceptors (Lipinski definition) is 4. The van der Waals surface area contributed by atoms with Gasteiger partial charge in [-0.3, -0.25) is 5.01 Å². The van der Waals surface area contributed by atoms with E-state index in [9.17, 15) is 0 Å². The summed E-state index contributed by atoms with van der Waals surface area (Å²) in [6.45, 7) is 4.59. The van der Waals surface area contributed by atoms with Crippen LogP contribution in [0.2, 0.25) is 0 Å². The number of quaternary nitrogens is 1. The number of likely N-dealkylation sites (N-methyl/N-ethyl adjacent to an activating group) is 1. The molecule has 0 unspecified atom stereocenters. The molecule has 0 bridgehead atoms. The van der Waals surface area contributed by atoms with Gasteiger partial charge in [0.2, 0.25) is 6.79 Å². The number of rotatable bonds is 2. The lowest BCUT2D eigenvalue weighted by atomic mass is 10.2. The fourth-order valence-electron chi connectivity index (χ4n) is 2.20. The van der Waals surface area contributed by atoms with E-state index >= 15 is 0 Å². The molecule has 0 spiro atoms. The van der Waals surface area contributed by atoms with Crippen molar-refractivity contribution in [2.45, 2.75) is 0 Å². The molecule has 2 aliphatic rings. The quantitative estimate of drug-likeness (QED) is 0.797. The standard InChI is InChI=1S/C13H16BrN3O2/c1-16-2-4-17(5-3-16)15-8-10-6-11(14)13-12(7-10)18-9-19-13/h6-8H,2-5,9H2,1H3/p+1/b15-8-. The Morgan fingerprint density at radius 2 is 2.11 bits per heavy atom. The van der Waals surface area contributed by atoms with Crippen molar-refractivity contribution >= 4 is 22.1 Å². The summed E-state index contributed by atoms with van der Waals surface area (Å²) in [5.74, 6) is 1.55. The van der Waals surface area contributed by atoms with Crippen LogP contribution in [0.1, 0.15) is 5.56 Å². The fourth-order valence-corrected chi connectivity index (χ4v) is 2.78. The van der Waals surface area contributed by atoms with Crippen LogP contribution in [0.5, 0.6) is 11.5 Å². The van der Waals surface area contributed by atoms with Gasteiger partial charge in [-0.15, -0.1) is 0 Å². The maximum Gasteiger partial charge on any atom is 0.231 e. The molecule has 0 atom stereocenters. The number of piperazine rings is 1. The van der Waals surface area contributed by atoms with Crippen LogP contribution in [0.25, 0.3) is 0 Å². The molecule has 0 saturated carbocycles. The van der Waals surface area contributed by atoms with Crippen LogP contribution < -0.4 is 14.4 Å². The normalized spacial score (nSPS) is 19.4. The van der Waals surface area contributed by atoms with E-state index in [0.717, 1.165) is 47.7 Å². The molecule has 0 aliphatic carbocycles. The lowest BCUT2D eigenvalue weighted by Gasteiger charge is -2.27. The molecule has 1 aromatic carbocycles. The predicted octanol–water partition coefficient (Wildman–Crippen LogP) is 0.342. The van der Waals surface area contributed by atoms with Gasteiger partial charge in [-0.2, -0.15) is 5.10 Å². The van der Waals surface area contributed by atoms with E-state index < -0.39 is 0 Å². The highest BCUT2D eigenvalue weighted by atomic mass is 79.9. The lowest BCUT2D eigenvalue weighted by Crippen LogP contribution is -3.11. The average Bonchev–Trinajstić information content (AvgIpc) is 2.87. The third-order valence-corrected chi connectivity index (χ3v) is 4.00. The summed E-state index contributed by atoms with van der Waals surface area (Å²) >= 11 is 3.49. The van der Waals surface area contributed by atoms with Crippen LogP contribution in [0.4, 0.5) is 0 Å². The van der Waals surface area contributed by atoms with Crippen LogP contribution in [-0.2, 0) is 0 Å². The first-order valence-corrected chi connectivity index (χ1v) is 7.21. The highest BCUT2D eigenvalue weighted by Crippen LogP contribution is 2.39. The summed E-state index contributed by atoms with van der Waals surface area (Å²) in [6, 6.07) is 3.95. The first-order chi connectivity index (χ1) is 9.22. The number of benzene rings is 1. The van der Waals surface area contributed by atoms with Crippen LogP contribution in [0, 0.1) is 0 Å². The molecule has 1 fully saturated rings. The van der Waals surface area contributed by atoms with Gasteiger partial charge in [-0.1, -0.05) is 0 Å². The first kappa shape index (κ1) is 12.7. The van der Waals surface area contributed by atoms with Crippen molar-refractivity contribution in [3.8, 4) is 11.5 Å². The van der Waals surface area contributed by atoms with E-state index in [1.165, 1.54) is 0 Å². The van der Waals surface area contributed by atoms with Crippen LogP contribution in [0.15, 0.2) is 21.7 Å². The third-order valence-electron chi connectivity index (χ3n) is 3.41. The molecule has 19 heavy (non-hydrogen) atoms. The highest BCUT2D eigenvalue weighted by Gasteiger charge is 2.18. The fraction of sp³-hybridized carbons (Fsp3) is 0.462. The summed E-state index contributed by atoms with van der Waals surface area (Å²) in [6.07, 6.45) is 1.88. The number of hydrazone groups is 1. The van der Waals surface area contributed by atoms with Crippen molar-refractivity contribution in [1.29, 1.82) is 0 Å². The SMILES string of the molecule is C[NH+]1CCN(/N=C\c2cc(Br)c3c(c2)OCO3)CC1. The van der Waals surface area contributed by atoms with Crippen molar-refractivity contribution in [2.75, 3.05) is 40.0 Å². The van der Waals surface area contributed by atoms with Crippen molar-refractivity contribution < 1.29 is 14.4 Å². The Kier molecular flexibility index (Phi) is 3.61. The zero-order chi connectivity index (χ0) is 13.2. The lowest BCUT2D eigenvalue weighted by molar-refractivity contribution is -0.884. The largest absolute Gasteiger partial charge is 0.454 e. The Bertz CT molecular complexity index is 499. The van der Waals surface area contributed by atoms with E-state index in [4.69, 9.17) is 9.47 Å². The zero-order valence-electron chi connectivity index (χ0n) is 10.9. The van der Waals surface area contributed by atoms with Gasteiger partial charge in [0.05, 0.1) is 43.9 Å². The molecule has 1 saturated heterocycles. The molecule has 0 radical (unpaired) electrons. The monoisotopic (exact) mass is 326 g/mol. The molecule has 2 heterocycles. The molecule has 5 nitrogen and oxygen atoms in total. The van der Waals surface area contributed by atoms with Gasteiger partial charge in [0.25, 0.3) is 0 Å². The number of hydrogen-bond donors (Lipinski definition) is 1. The molecule has 6 heteroatoms. The summed E-state index contributed by atoms with van der Waals surface area (Å²) in [4.78, 5) is 1.57. The molecular weight excluding hydrogens is 310 g/mol. The van der Waals surface area contributed by atoms with E-state index in [0.29, 0.717) is 0 Å². The molecule has 3 rings (SSSR count). The summed E-state index contributed by atoms with van der Waals surface area (Å²) < 4.78 is 11.7. The Hall–Kier alpha value is -1.27. The number of nitrogens with zero attached hydrogens (tertiary/aromatic N) is 2. The Morgan fingerprint density at radius 3 is 2.89 bits per heavy atom. The molecule has 102 valence electrons. The van der Waals surface area contributed by atoms with Crippen molar-refractivity contribution in [3.63, 3.8) is 0 Å². The van der Waals surface area contributed by atoms with Crippen molar-refractivity contribution in [2.24, 2.45) is 5.10 Å². The average molecular weight is 327 g/mol. The molecule has 1 aromatic rings. The number of nitrogens with one attached hydrogen (secondary N) is 1. The summed E-state index contributed by atoms with van der Waals surface area (Å²) in [5, 5.41) is 6.65. The number of halogens is 1. The van der Waals surface area contributed by atoms with Crippen LogP contribution in [-0.4, -0.2) is 51.2 Å². The zero-order valence-corrected chi connectivity index (χ0v) is 12.4. The van der Waals surface area contributed by atoms with E-state index in [1.807, 2.05) is 18.3 Å². The van der Waals surface area contributed by atoms with Gasteiger partial charge < -0.3 is 14.4 Å². The van der Waals surface area contributed by atoms with Gasteiger partial charge >= 0.3 is 0 Å². The molecule has 2 aliphatic heterocycles. The van der Waals surface area contributed by atoms with E-state index in [-0.39, 0.29) is 6.79 Å². The minimum absolute atomic E-state index is 0.287. The smallest absolute Gasteiger partial charge is 0.231 e. The van der Waals surface area contributed by atoms with Gasteiger partial charge in [-0.25, -0.2) is 0 Å². The van der Waals surface area contributed by atoms with Crippen molar-refractivity contribution in [3.05, 3.63) is 22.2 Å².